The van der Waals surface area contributed by atoms with Gasteiger partial charge in [-0.3, -0.25) is 5.32 Å². The van der Waals surface area contributed by atoms with Crippen molar-refractivity contribution in [3.8, 4) is 5.75 Å². The highest BCUT2D eigenvalue weighted by molar-refractivity contribution is 5.37. The molecule has 0 saturated carbocycles. The summed E-state index contributed by atoms with van der Waals surface area (Å²) in [6.45, 7) is 7.84. The van der Waals surface area contributed by atoms with Gasteiger partial charge in [-0.1, -0.05) is 12.1 Å². The SMILES string of the molecule is Cc1ccc(C(C)NC(C)c2ncc(C)o2)c(O)c1. The maximum atomic E-state index is 9.97. The van der Waals surface area contributed by atoms with Gasteiger partial charge in [-0.15, -0.1) is 0 Å². The van der Waals surface area contributed by atoms with Crippen molar-refractivity contribution in [2.45, 2.75) is 39.8 Å². The zero-order valence-corrected chi connectivity index (χ0v) is 11.8. The van der Waals surface area contributed by atoms with Gasteiger partial charge in [0.05, 0.1) is 12.2 Å². The average molecular weight is 260 g/mol. The Bertz CT molecular complexity index is 563. The van der Waals surface area contributed by atoms with E-state index in [1.807, 2.05) is 39.8 Å². The van der Waals surface area contributed by atoms with Crippen LogP contribution in [0.15, 0.2) is 28.8 Å². The molecule has 1 aromatic carbocycles. The molecule has 19 heavy (non-hydrogen) atoms. The molecule has 0 bridgehead atoms. The first-order valence-electron chi connectivity index (χ1n) is 6.45. The number of rotatable bonds is 4. The van der Waals surface area contributed by atoms with Crippen molar-refractivity contribution in [2.75, 3.05) is 0 Å². The summed E-state index contributed by atoms with van der Waals surface area (Å²) < 4.78 is 5.50. The number of hydrogen-bond donors (Lipinski definition) is 2. The Balaban J connectivity index is 2.10. The summed E-state index contributed by atoms with van der Waals surface area (Å²) in [6, 6.07) is 5.71. The summed E-state index contributed by atoms with van der Waals surface area (Å²) >= 11 is 0. The van der Waals surface area contributed by atoms with Crippen molar-refractivity contribution in [3.63, 3.8) is 0 Å². The highest BCUT2D eigenvalue weighted by atomic mass is 16.4. The Kier molecular flexibility index (Phi) is 3.90. The van der Waals surface area contributed by atoms with E-state index in [4.69, 9.17) is 4.42 Å². The van der Waals surface area contributed by atoms with Gasteiger partial charge < -0.3 is 9.52 Å². The third kappa shape index (κ3) is 3.15. The van der Waals surface area contributed by atoms with Crippen LogP contribution in [0.1, 0.15) is 48.7 Å². The molecule has 0 aliphatic carbocycles. The first kappa shape index (κ1) is 13.6. The van der Waals surface area contributed by atoms with E-state index < -0.39 is 0 Å². The molecule has 102 valence electrons. The van der Waals surface area contributed by atoms with E-state index in [1.54, 1.807) is 12.3 Å². The number of oxazole rings is 1. The maximum absolute atomic E-state index is 9.97. The van der Waals surface area contributed by atoms with Gasteiger partial charge in [-0.2, -0.15) is 0 Å². The largest absolute Gasteiger partial charge is 0.508 e. The summed E-state index contributed by atoms with van der Waals surface area (Å²) in [5, 5.41) is 13.3. The van der Waals surface area contributed by atoms with Gasteiger partial charge in [0.25, 0.3) is 0 Å². The monoisotopic (exact) mass is 260 g/mol. The van der Waals surface area contributed by atoms with E-state index in [-0.39, 0.29) is 12.1 Å². The van der Waals surface area contributed by atoms with Crippen LogP contribution in [-0.2, 0) is 0 Å². The number of aryl methyl sites for hydroxylation is 2. The molecule has 0 saturated heterocycles. The Labute approximate surface area is 113 Å². The predicted octanol–water partition coefficient (Wildman–Crippen LogP) is 3.41. The Morgan fingerprint density at radius 2 is 1.95 bits per heavy atom. The van der Waals surface area contributed by atoms with Crippen LogP contribution in [0.2, 0.25) is 0 Å². The Hall–Kier alpha value is -1.81. The highest BCUT2D eigenvalue weighted by Crippen LogP contribution is 2.27. The van der Waals surface area contributed by atoms with Gasteiger partial charge in [-0.25, -0.2) is 4.98 Å². The molecule has 2 aromatic rings. The van der Waals surface area contributed by atoms with Crippen molar-refractivity contribution < 1.29 is 9.52 Å². The van der Waals surface area contributed by atoms with Crippen molar-refractivity contribution in [3.05, 3.63) is 47.2 Å². The molecule has 0 aliphatic heterocycles. The fraction of sp³-hybridized carbons (Fsp3) is 0.400. The standard InChI is InChI=1S/C15H20N2O2/c1-9-5-6-13(14(18)7-9)11(3)17-12(4)15-16-8-10(2)19-15/h5-8,11-12,17-18H,1-4H3. The van der Waals surface area contributed by atoms with E-state index in [1.165, 1.54) is 0 Å². The molecular formula is C15H20N2O2. The lowest BCUT2D eigenvalue weighted by molar-refractivity contribution is 0.374. The van der Waals surface area contributed by atoms with Crippen LogP contribution in [0.5, 0.6) is 5.75 Å². The van der Waals surface area contributed by atoms with Crippen LogP contribution in [0.4, 0.5) is 0 Å². The van der Waals surface area contributed by atoms with E-state index in [2.05, 4.69) is 10.3 Å². The predicted molar refractivity (Wildman–Crippen MR) is 74.0 cm³/mol. The minimum Gasteiger partial charge on any atom is -0.508 e. The van der Waals surface area contributed by atoms with Crippen molar-refractivity contribution in [1.29, 1.82) is 0 Å². The van der Waals surface area contributed by atoms with Crippen molar-refractivity contribution in [2.24, 2.45) is 0 Å². The summed E-state index contributed by atoms with van der Waals surface area (Å²) in [4.78, 5) is 4.21. The summed E-state index contributed by atoms with van der Waals surface area (Å²) in [5.41, 5.74) is 1.92. The second-order valence-electron chi connectivity index (χ2n) is 4.98. The average Bonchev–Trinajstić information content (AvgIpc) is 2.75. The Morgan fingerprint density at radius 1 is 1.21 bits per heavy atom. The molecule has 0 spiro atoms. The van der Waals surface area contributed by atoms with E-state index in [9.17, 15) is 5.11 Å². The lowest BCUT2D eigenvalue weighted by Crippen LogP contribution is -2.22. The molecule has 2 N–H and O–H groups in total. The van der Waals surface area contributed by atoms with Crippen LogP contribution in [0, 0.1) is 13.8 Å². The number of phenolic OH excluding ortho intramolecular Hbond substituents is 1. The number of nitrogens with one attached hydrogen (secondary N) is 1. The topological polar surface area (TPSA) is 58.3 Å². The van der Waals surface area contributed by atoms with Gasteiger partial charge in [0, 0.05) is 11.6 Å². The van der Waals surface area contributed by atoms with E-state index in [0.717, 1.165) is 16.9 Å². The molecule has 2 atom stereocenters. The number of benzene rings is 1. The van der Waals surface area contributed by atoms with Gasteiger partial charge in [0.1, 0.15) is 11.5 Å². The lowest BCUT2D eigenvalue weighted by atomic mass is 10.0. The van der Waals surface area contributed by atoms with Crippen LogP contribution in [0.3, 0.4) is 0 Å². The molecule has 4 heteroatoms. The summed E-state index contributed by atoms with van der Waals surface area (Å²) in [6.07, 6.45) is 1.71. The number of hydrogen-bond acceptors (Lipinski definition) is 4. The molecule has 4 nitrogen and oxygen atoms in total. The third-order valence-electron chi connectivity index (χ3n) is 3.16. The number of aromatic nitrogens is 1. The first-order valence-corrected chi connectivity index (χ1v) is 6.45. The molecule has 0 radical (unpaired) electrons. The van der Waals surface area contributed by atoms with Gasteiger partial charge in [0.2, 0.25) is 5.89 Å². The molecular weight excluding hydrogens is 240 g/mol. The molecule has 2 rings (SSSR count). The zero-order chi connectivity index (χ0) is 14.0. The maximum Gasteiger partial charge on any atom is 0.211 e. The van der Waals surface area contributed by atoms with Crippen LogP contribution < -0.4 is 5.32 Å². The van der Waals surface area contributed by atoms with Gasteiger partial charge in [-0.05, 0) is 39.3 Å². The van der Waals surface area contributed by atoms with Crippen molar-refractivity contribution >= 4 is 0 Å². The fourth-order valence-corrected chi connectivity index (χ4v) is 2.13. The van der Waals surface area contributed by atoms with Gasteiger partial charge in [0.15, 0.2) is 0 Å². The van der Waals surface area contributed by atoms with Crippen LogP contribution in [0.25, 0.3) is 0 Å². The lowest BCUT2D eigenvalue weighted by Gasteiger charge is -2.19. The molecule has 1 heterocycles. The minimum absolute atomic E-state index is 0.00981. The van der Waals surface area contributed by atoms with E-state index >= 15 is 0 Å². The molecule has 0 fully saturated rings. The normalized spacial score (nSPS) is 14.3. The highest BCUT2D eigenvalue weighted by Gasteiger charge is 2.17. The van der Waals surface area contributed by atoms with Gasteiger partial charge >= 0.3 is 0 Å². The molecule has 0 aliphatic rings. The molecule has 1 aromatic heterocycles. The molecule has 2 unspecified atom stereocenters. The summed E-state index contributed by atoms with van der Waals surface area (Å²) in [7, 11) is 0. The van der Waals surface area contributed by atoms with Crippen molar-refractivity contribution in [1.82, 2.24) is 10.3 Å². The molecule has 0 amide bonds. The van der Waals surface area contributed by atoms with Crippen LogP contribution in [-0.4, -0.2) is 10.1 Å². The second kappa shape index (κ2) is 5.45. The smallest absolute Gasteiger partial charge is 0.211 e. The Morgan fingerprint density at radius 3 is 2.53 bits per heavy atom. The first-order chi connectivity index (χ1) is 8.97. The number of aromatic hydroxyl groups is 1. The number of phenols is 1. The minimum atomic E-state index is -0.00981. The quantitative estimate of drug-likeness (QED) is 0.884. The summed E-state index contributed by atoms with van der Waals surface area (Å²) in [5.74, 6) is 1.78. The number of nitrogens with zero attached hydrogens (tertiary/aromatic N) is 1. The zero-order valence-electron chi connectivity index (χ0n) is 11.8. The van der Waals surface area contributed by atoms with Crippen LogP contribution >= 0.6 is 0 Å². The third-order valence-corrected chi connectivity index (χ3v) is 3.16. The second-order valence-corrected chi connectivity index (χ2v) is 4.98. The van der Waals surface area contributed by atoms with E-state index in [0.29, 0.717) is 11.6 Å². The fourth-order valence-electron chi connectivity index (χ4n) is 2.13.